The minimum atomic E-state index is -0.888. The van der Waals surface area contributed by atoms with E-state index in [1.807, 2.05) is 12.1 Å². The van der Waals surface area contributed by atoms with Crippen molar-refractivity contribution >= 4 is 22.4 Å². The van der Waals surface area contributed by atoms with E-state index in [4.69, 9.17) is 11.6 Å². The monoisotopic (exact) mass is 454 g/mol. The number of fused-ring (bicyclic) bond motifs is 1. The first-order valence-corrected chi connectivity index (χ1v) is 11.7. The summed E-state index contributed by atoms with van der Waals surface area (Å²) in [6.07, 6.45) is 8.83. The predicted molar refractivity (Wildman–Crippen MR) is 125 cm³/mol. The minimum Gasteiger partial charge on any atom is -0.205 e. The summed E-state index contributed by atoms with van der Waals surface area (Å²) >= 11 is 5.49. The molecule has 0 nitrogen and oxygen atoms in total. The van der Waals surface area contributed by atoms with Crippen LogP contribution in [0.5, 0.6) is 0 Å². The van der Waals surface area contributed by atoms with Gasteiger partial charge in [-0.3, -0.25) is 0 Å². The fourth-order valence-electron chi connectivity index (χ4n) is 4.66. The lowest BCUT2D eigenvalue weighted by molar-refractivity contribution is 0.259. The Morgan fingerprint density at radius 2 is 1.56 bits per heavy atom. The third kappa shape index (κ3) is 5.13. The molecule has 1 saturated carbocycles. The van der Waals surface area contributed by atoms with E-state index < -0.39 is 22.5 Å². The highest BCUT2D eigenvalue weighted by atomic mass is 35.5. The van der Waals surface area contributed by atoms with Crippen LogP contribution in [0, 0.1) is 41.1 Å². The van der Waals surface area contributed by atoms with Crippen LogP contribution in [-0.2, 0) is 6.42 Å². The maximum Gasteiger partial charge on any atom is 0.146 e. The maximum absolute atomic E-state index is 15.0. The third-order valence-corrected chi connectivity index (χ3v) is 7.09. The molecule has 1 aliphatic carbocycles. The molecule has 0 atom stereocenters. The van der Waals surface area contributed by atoms with Gasteiger partial charge in [0.1, 0.15) is 22.5 Å². The van der Waals surface area contributed by atoms with E-state index >= 15 is 4.39 Å². The molecule has 0 bridgehead atoms. The van der Waals surface area contributed by atoms with Crippen molar-refractivity contribution in [3.05, 3.63) is 81.6 Å². The Balaban J connectivity index is 1.48. The predicted octanol–water partition coefficient (Wildman–Crippen LogP) is 8.46. The summed E-state index contributed by atoms with van der Waals surface area (Å²) in [6, 6.07) is 11.4. The van der Waals surface area contributed by atoms with E-state index in [0.717, 1.165) is 35.8 Å². The minimum absolute atomic E-state index is 0.104. The molecule has 3 aromatic rings. The van der Waals surface area contributed by atoms with Crippen LogP contribution in [0.3, 0.4) is 0 Å². The topological polar surface area (TPSA) is 0 Å². The second-order valence-corrected chi connectivity index (χ2v) is 9.20. The Labute approximate surface area is 192 Å². The molecule has 0 N–H and O–H groups in total. The molecular formula is C28H26ClF3. The summed E-state index contributed by atoms with van der Waals surface area (Å²) < 4.78 is 42.2. The Morgan fingerprint density at radius 3 is 2.25 bits per heavy atom. The van der Waals surface area contributed by atoms with Crippen molar-refractivity contribution < 1.29 is 13.2 Å². The molecule has 0 saturated heterocycles. The van der Waals surface area contributed by atoms with Gasteiger partial charge in [-0.2, -0.15) is 0 Å². The molecule has 32 heavy (non-hydrogen) atoms. The highest BCUT2D eigenvalue weighted by Gasteiger charge is 2.19. The van der Waals surface area contributed by atoms with Gasteiger partial charge in [0.05, 0.1) is 5.56 Å². The summed E-state index contributed by atoms with van der Waals surface area (Å²) in [5.74, 6) is 4.81. The van der Waals surface area contributed by atoms with Crippen LogP contribution in [0.1, 0.15) is 62.1 Å². The lowest BCUT2D eigenvalue weighted by atomic mass is 9.78. The number of benzene rings is 3. The van der Waals surface area contributed by atoms with Crippen molar-refractivity contribution in [1.82, 2.24) is 0 Å². The van der Waals surface area contributed by atoms with Gasteiger partial charge >= 0.3 is 0 Å². The van der Waals surface area contributed by atoms with Crippen molar-refractivity contribution in [3.63, 3.8) is 0 Å². The van der Waals surface area contributed by atoms with Crippen molar-refractivity contribution in [2.75, 3.05) is 0 Å². The van der Waals surface area contributed by atoms with E-state index in [9.17, 15) is 8.78 Å². The van der Waals surface area contributed by atoms with Gasteiger partial charge in [-0.1, -0.05) is 86.7 Å². The molecule has 1 fully saturated rings. The smallest absolute Gasteiger partial charge is 0.146 e. The SMILES string of the molecule is CCC1CCC(CCc2ccc3c(F)c(C#Cc4cc(F)c(Cl)c(F)c4)ccc3c2)CC1. The van der Waals surface area contributed by atoms with Gasteiger partial charge in [0.2, 0.25) is 0 Å². The van der Waals surface area contributed by atoms with Gasteiger partial charge in [0.25, 0.3) is 0 Å². The van der Waals surface area contributed by atoms with Crippen molar-refractivity contribution in [2.45, 2.75) is 51.9 Å². The Bertz CT molecular complexity index is 1160. The van der Waals surface area contributed by atoms with Gasteiger partial charge in [0, 0.05) is 10.9 Å². The molecule has 0 radical (unpaired) electrons. The van der Waals surface area contributed by atoms with E-state index in [1.165, 1.54) is 44.1 Å². The molecule has 0 spiro atoms. The van der Waals surface area contributed by atoms with Gasteiger partial charge < -0.3 is 0 Å². The van der Waals surface area contributed by atoms with E-state index in [-0.39, 0.29) is 11.1 Å². The molecule has 0 aromatic heterocycles. The molecule has 1 aliphatic rings. The van der Waals surface area contributed by atoms with Gasteiger partial charge in [-0.15, -0.1) is 0 Å². The highest BCUT2D eigenvalue weighted by Crippen LogP contribution is 2.33. The van der Waals surface area contributed by atoms with Gasteiger partial charge in [-0.05, 0) is 53.8 Å². The van der Waals surface area contributed by atoms with Crippen LogP contribution in [0.15, 0.2) is 42.5 Å². The summed E-state index contributed by atoms with van der Waals surface area (Å²) in [7, 11) is 0. The number of rotatable bonds is 4. The molecule has 0 heterocycles. The fourth-order valence-corrected chi connectivity index (χ4v) is 4.77. The van der Waals surface area contributed by atoms with E-state index in [0.29, 0.717) is 5.39 Å². The van der Waals surface area contributed by atoms with E-state index in [2.05, 4.69) is 24.8 Å². The number of halogens is 4. The van der Waals surface area contributed by atoms with Gasteiger partial charge in [0.15, 0.2) is 0 Å². The summed E-state index contributed by atoms with van der Waals surface area (Å²) in [4.78, 5) is 0. The zero-order chi connectivity index (χ0) is 22.7. The van der Waals surface area contributed by atoms with Crippen molar-refractivity contribution in [1.29, 1.82) is 0 Å². The zero-order valence-electron chi connectivity index (χ0n) is 18.2. The zero-order valence-corrected chi connectivity index (χ0v) is 18.9. The second-order valence-electron chi connectivity index (χ2n) is 8.82. The lowest BCUT2D eigenvalue weighted by Crippen LogP contribution is -2.14. The quantitative estimate of drug-likeness (QED) is 0.274. The van der Waals surface area contributed by atoms with Crippen LogP contribution in [0.25, 0.3) is 10.8 Å². The average Bonchev–Trinajstić information content (AvgIpc) is 2.81. The highest BCUT2D eigenvalue weighted by molar-refractivity contribution is 6.30. The largest absolute Gasteiger partial charge is 0.205 e. The molecule has 0 unspecified atom stereocenters. The molecule has 4 rings (SSSR count). The Kier molecular flexibility index (Phi) is 7.11. The first-order valence-electron chi connectivity index (χ1n) is 11.3. The molecule has 0 amide bonds. The molecule has 0 aliphatic heterocycles. The lowest BCUT2D eigenvalue weighted by Gasteiger charge is -2.27. The van der Waals surface area contributed by atoms with Crippen LogP contribution >= 0.6 is 11.6 Å². The summed E-state index contributed by atoms with van der Waals surface area (Å²) in [6.45, 7) is 2.29. The second kappa shape index (κ2) is 10.0. The van der Waals surface area contributed by atoms with Crippen molar-refractivity contribution in [2.24, 2.45) is 11.8 Å². The van der Waals surface area contributed by atoms with Crippen LogP contribution < -0.4 is 0 Å². The number of hydrogen-bond donors (Lipinski definition) is 0. The Hall–Kier alpha value is -2.44. The molecular weight excluding hydrogens is 429 g/mol. The summed E-state index contributed by atoms with van der Waals surface area (Å²) in [5.41, 5.74) is 1.52. The van der Waals surface area contributed by atoms with E-state index in [1.54, 1.807) is 12.1 Å². The normalized spacial score (nSPS) is 18.4. The van der Waals surface area contributed by atoms with Crippen molar-refractivity contribution in [3.8, 4) is 11.8 Å². The molecule has 4 heteroatoms. The standard InChI is InChI=1S/C28H26ClF3/c1-2-18-3-5-19(6-4-18)7-8-20-10-14-24-23(15-20)13-12-22(28(24)32)11-9-21-16-25(30)27(29)26(31)17-21/h10,12-19H,2-8H2,1H3. The van der Waals surface area contributed by atoms with Crippen LogP contribution in [0.2, 0.25) is 5.02 Å². The van der Waals surface area contributed by atoms with Crippen LogP contribution in [-0.4, -0.2) is 0 Å². The first-order chi connectivity index (χ1) is 15.4. The first kappa shape index (κ1) is 22.7. The third-order valence-electron chi connectivity index (χ3n) is 6.73. The molecule has 166 valence electrons. The number of hydrogen-bond acceptors (Lipinski definition) is 0. The Morgan fingerprint density at radius 1 is 0.875 bits per heavy atom. The number of aryl methyl sites for hydroxylation is 1. The summed E-state index contributed by atoms with van der Waals surface area (Å²) in [5, 5.41) is 0.762. The average molecular weight is 455 g/mol. The maximum atomic E-state index is 15.0. The van der Waals surface area contributed by atoms with Crippen LogP contribution in [0.4, 0.5) is 13.2 Å². The fraction of sp³-hybridized carbons (Fsp3) is 0.357. The van der Waals surface area contributed by atoms with Gasteiger partial charge in [-0.25, -0.2) is 13.2 Å². The molecule has 3 aromatic carbocycles.